The summed E-state index contributed by atoms with van der Waals surface area (Å²) in [5.74, 6) is 0. The van der Waals surface area contributed by atoms with E-state index >= 15 is 0 Å². The molecule has 0 rings (SSSR count). The summed E-state index contributed by atoms with van der Waals surface area (Å²) < 4.78 is 0. The predicted octanol–water partition coefficient (Wildman–Crippen LogP) is 3.55. The van der Waals surface area contributed by atoms with Gasteiger partial charge in [-0.2, -0.15) is 0 Å². The summed E-state index contributed by atoms with van der Waals surface area (Å²) in [6, 6.07) is 0. The molecule has 0 atom stereocenters. The van der Waals surface area contributed by atoms with Crippen LogP contribution in [0.2, 0.25) is 0 Å². The van der Waals surface area contributed by atoms with Crippen molar-refractivity contribution in [2.24, 2.45) is 0 Å². The molecule has 0 aliphatic carbocycles. The fraction of sp³-hybridized carbons (Fsp3) is 0.556. The van der Waals surface area contributed by atoms with Gasteiger partial charge in [-0.1, -0.05) is 23.8 Å². The van der Waals surface area contributed by atoms with Crippen molar-refractivity contribution >= 4 is 0 Å². The van der Waals surface area contributed by atoms with Crippen LogP contribution in [0.4, 0.5) is 0 Å². The molecule has 0 fully saturated rings. The van der Waals surface area contributed by atoms with Crippen molar-refractivity contribution < 1.29 is 0 Å². The quantitative estimate of drug-likeness (QED) is 0.435. The van der Waals surface area contributed by atoms with Crippen molar-refractivity contribution in [2.45, 2.75) is 34.6 Å². The molecule has 0 bridgehead atoms. The minimum absolute atomic E-state index is 1.38. The van der Waals surface area contributed by atoms with Crippen LogP contribution in [0.5, 0.6) is 0 Å². The van der Waals surface area contributed by atoms with Crippen molar-refractivity contribution in [3.05, 3.63) is 23.8 Å². The molecule has 0 saturated carbocycles. The molecule has 0 aromatic carbocycles. The zero-order valence-corrected chi connectivity index (χ0v) is 7.23. The maximum atomic E-state index is 2.08. The second-order valence-electron chi connectivity index (χ2n) is 2.03. The molecule has 0 heteroatoms. The van der Waals surface area contributed by atoms with Crippen LogP contribution in [0.25, 0.3) is 0 Å². The van der Waals surface area contributed by atoms with Crippen LogP contribution >= 0.6 is 0 Å². The van der Waals surface area contributed by atoms with Gasteiger partial charge in [-0.3, -0.25) is 0 Å². The van der Waals surface area contributed by atoms with E-state index in [0.717, 1.165) is 0 Å². The Morgan fingerprint density at radius 1 is 0.889 bits per heavy atom. The van der Waals surface area contributed by atoms with E-state index in [0.29, 0.717) is 0 Å². The van der Waals surface area contributed by atoms with E-state index in [2.05, 4.69) is 19.9 Å². The second kappa shape index (κ2) is 10.5. The summed E-state index contributed by atoms with van der Waals surface area (Å²) in [6.07, 6.45) is 6.08. The van der Waals surface area contributed by atoms with Gasteiger partial charge in [-0.25, -0.2) is 0 Å². The normalized spacial score (nSPS) is 8.11. The Balaban J connectivity index is 0. The maximum Gasteiger partial charge on any atom is -0.0442 e. The standard InChI is InChI=1S/C5H10.C4H8/c1-4-5(2)3;1-3-4-2/h4H,1-3H3;3-4H,1-2H3. The van der Waals surface area contributed by atoms with Crippen molar-refractivity contribution in [3.8, 4) is 0 Å². The van der Waals surface area contributed by atoms with E-state index in [1.807, 2.05) is 32.9 Å². The van der Waals surface area contributed by atoms with E-state index in [-0.39, 0.29) is 0 Å². The minimum Gasteiger partial charge on any atom is -0.0919 e. The number of hydrogen-bond donors (Lipinski definition) is 0. The van der Waals surface area contributed by atoms with E-state index < -0.39 is 0 Å². The highest BCUT2D eigenvalue weighted by molar-refractivity contribution is 4.88. The van der Waals surface area contributed by atoms with Crippen LogP contribution in [0.15, 0.2) is 23.8 Å². The highest BCUT2D eigenvalue weighted by Crippen LogP contribution is 1.82. The van der Waals surface area contributed by atoms with Gasteiger partial charge in [0.25, 0.3) is 0 Å². The van der Waals surface area contributed by atoms with Gasteiger partial charge in [0.05, 0.1) is 0 Å². The molecule has 0 aromatic heterocycles. The van der Waals surface area contributed by atoms with E-state index in [1.165, 1.54) is 5.57 Å². The fourth-order valence-electron chi connectivity index (χ4n) is 0. The minimum atomic E-state index is 1.38. The monoisotopic (exact) mass is 126 g/mol. The molecule has 54 valence electrons. The molecular weight excluding hydrogens is 108 g/mol. The molecule has 0 aliphatic heterocycles. The Hall–Kier alpha value is -0.520. The van der Waals surface area contributed by atoms with Gasteiger partial charge in [-0.05, 0) is 34.6 Å². The fourth-order valence-corrected chi connectivity index (χ4v) is 0. The van der Waals surface area contributed by atoms with Crippen LogP contribution in [-0.4, -0.2) is 0 Å². The number of hydrogen-bond acceptors (Lipinski definition) is 0. The van der Waals surface area contributed by atoms with Crippen molar-refractivity contribution in [1.29, 1.82) is 0 Å². The SMILES string of the molecule is CC=C(C)C.CC=CC. The lowest BCUT2D eigenvalue weighted by atomic mass is 10.3. The van der Waals surface area contributed by atoms with Gasteiger partial charge in [0, 0.05) is 0 Å². The number of allylic oxidation sites excluding steroid dienone is 4. The van der Waals surface area contributed by atoms with Gasteiger partial charge in [0.1, 0.15) is 0 Å². The topological polar surface area (TPSA) is 0 Å². The van der Waals surface area contributed by atoms with Crippen LogP contribution in [0.1, 0.15) is 34.6 Å². The molecule has 0 aromatic rings. The molecule has 0 aliphatic rings. The summed E-state index contributed by atoms with van der Waals surface area (Å²) in [6.45, 7) is 10.2. The molecule has 0 heterocycles. The highest BCUT2D eigenvalue weighted by atomic mass is 13.7. The third kappa shape index (κ3) is 36.5. The zero-order valence-electron chi connectivity index (χ0n) is 7.23. The molecule has 0 nitrogen and oxygen atoms in total. The molecule has 0 radical (unpaired) electrons. The van der Waals surface area contributed by atoms with Gasteiger partial charge in [-0.15, -0.1) is 0 Å². The van der Waals surface area contributed by atoms with E-state index in [9.17, 15) is 0 Å². The molecule has 9 heavy (non-hydrogen) atoms. The Labute approximate surface area is 59.3 Å². The van der Waals surface area contributed by atoms with E-state index in [1.54, 1.807) is 0 Å². The average molecular weight is 126 g/mol. The summed E-state index contributed by atoms with van der Waals surface area (Å²) in [5, 5.41) is 0. The Morgan fingerprint density at radius 2 is 1.11 bits per heavy atom. The zero-order chi connectivity index (χ0) is 7.70. The molecule has 0 saturated heterocycles. The second-order valence-corrected chi connectivity index (χ2v) is 2.03. The lowest BCUT2D eigenvalue weighted by molar-refractivity contribution is 1.36. The smallest absolute Gasteiger partial charge is 0.0442 e. The van der Waals surface area contributed by atoms with Crippen molar-refractivity contribution in [2.75, 3.05) is 0 Å². The first kappa shape index (κ1) is 11.3. The average Bonchev–Trinajstić information content (AvgIpc) is 1.89. The first-order valence-electron chi connectivity index (χ1n) is 3.35. The molecule has 0 unspecified atom stereocenters. The Bertz CT molecular complexity index is 78.2. The van der Waals surface area contributed by atoms with Gasteiger partial charge < -0.3 is 0 Å². The largest absolute Gasteiger partial charge is 0.0919 e. The number of rotatable bonds is 0. The van der Waals surface area contributed by atoms with Gasteiger partial charge in [0.15, 0.2) is 0 Å². The molecule has 0 spiro atoms. The van der Waals surface area contributed by atoms with Gasteiger partial charge >= 0.3 is 0 Å². The Morgan fingerprint density at radius 3 is 1.11 bits per heavy atom. The molecule has 0 N–H and O–H groups in total. The van der Waals surface area contributed by atoms with Crippen LogP contribution in [0.3, 0.4) is 0 Å². The summed E-state index contributed by atoms with van der Waals surface area (Å²) in [4.78, 5) is 0. The van der Waals surface area contributed by atoms with Gasteiger partial charge in [0.2, 0.25) is 0 Å². The lowest BCUT2D eigenvalue weighted by Gasteiger charge is -1.74. The maximum absolute atomic E-state index is 2.08. The van der Waals surface area contributed by atoms with Crippen LogP contribution in [-0.2, 0) is 0 Å². The van der Waals surface area contributed by atoms with Crippen LogP contribution in [0, 0.1) is 0 Å². The predicted molar refractivity (Wildman–Crippen MR) is 45.6 cm³/mol. The summed E-state index contributed by atoms with van der Waals surface area (Å²) in [7, 11) is 0. The van der Waals surface area contributed by atoms with Crippen LogP contribution < -0.4 is 0 Å². The van der Waals surface area contributed by atoms with Crippen molar-refractivity contribution in [1.82, 2.24) is 0 Å². The summed E-state index contributed by atoms with van der Waals surface area (Å²) in [5.41, 5.74) is 1.38. The lowest BCUT2D eigenvalue weighted by Crippen LogP contribution is -1.52. The summed E-state index contributed by atoms with van der Waals surface area (Å²) >= 11 is 0. The molecule has 0 amide bonds. The highest BCUT2D eigenvalue weighted by Gasteiger charge is 1.60. The van der Waals surface area contributed by atoms with Crippen molar-refractivity contribution in [3.63, 3.8) is 0 Å². The first-order chi connectivity index (χ1) is 4.18. The van der Waals surface area contributed by atoms with E-state index in [4.69, 9.17) is 0 Å². The first-order valence-corrected chi connectivity index (χ1v) is 3.35. The Kier molecular flexibility index (Phi) is 13.1. The molecular formula is C9H18. The third-order valence-electron chi connectivity index (χ3n) is 0.911. The third-order valence-corrected chi connectivity index (χ3v) is 0.911.